The van der Waals surface area contributed by atoms with Crippen LogP contribution >= 0.6 is 0 Å². The van der Waals surface area contributed by atoms with Crippen LogP contribution in [-0.4, -0.2) is 27.4 Å². The van der Waals surface area contributed by atoms with E-state index >= 15 is 0 Å². The van der Waals surface area contributed by atoms with Crippen LogP contribution in [0.5, 0.6) is 0 Å². The average Bonchev–Trinajstić information content (AvgIpc) is 2.53. The maximum absolute atomic E-state index is 5.76. The Morgan fingerprint density at radius 3 is 3.00 bits per heavy atom. The van der Waals surface area contributed by atoms with Crippen molar-refractivity contribution in [1.82, 2.24) is 5.32 Å². The van der Waals surface area contributed by atoms with E-state index in [-0.39, 0.29) is 0 Å². The highest BCUT2D eigenvalue weighted by atomic mass is 16.5. The number of methoxy groups -OCH3 is 1. The first-order valence-electron chi connectivity index (χ1n) is 7.68. The van der Waals surface area contributed by atoms with E-state index in [2.05, 4.69) is 30.6 Å². The van der Waals surface area contributed by atoms with Crippen LogP contribution in [0.3, 0.4) is 0 Å². The van der Waals surface area contributed by atoms with E-state index in [1.807, 2.05) is 13.1 Å². The molecule has 1 aliphatic carbocycles. The van der Waals surface area contributed by atoms with Gasteiger partial charge in [0.25, 0.3) is 0 Å². The molecule has 118 valence electrons. The van der Waals surface area contributed by atoms with E-state index in [1.54, 1.807) is 7.11 Å². The fourth-order valence-corrected chi connectivity index (χ4v) is 2.37. The lowest BCUT2D eigenvalue weighted by atomic mass is 9.90. The first-order valence-corrected chi connectivity index (χ1v) is 7.68. The minimum absolute atomic E-state index is 0.649. The molecule has 1 atom stereocenters. The van der Waals surface area contributed by atoms with Gasteiger partial charge in [-0.3, -0.25) is 0 Å². The molecular weight excluding hydrogens is 262 g/mol. The second-order valence-electron chi connectivity index (χ2n) is 5.40. The highest BCUT2D eigenvalue weighted by Crippen LogP contribution is 2.31. The van der Waals surface area contributed by atoms with Gasteiger partial charge in [-0.05, 0) is 30.8 Å². The maximum Gasteiger partial charge on any atom is 0.0994 e. The van der Waals surface area contributed by atoms with Gasteiger partial charge >= 0.3 is 0 Å². The molecule has 1 unspecified atom stereocenters. The molecule has 2 rings (SSSR count). The molecule has 3 nitrogen and oxygen atoms in total. The maximum atomic E-state index is 5.76. The lowest BCUT2D eigenvalue weighted by Gasteiger charge is -2.28. The quantitative estimate of drug-likeness (QED) is 0.751. The van der Waals surface area contributed by atoms with E-state index in [4.69, 9.17) is 9.47 Å². The lowest BCUT2D eigenvalue weighted by Crippen LogP contribution is -2.19. The summed E-state index contributed by atoms with van der Waals surface area (Å²) in [6.45, 7) is 8.96. The van der Waals surface area contributed by atoms with E-state index in [0.29, 0.717) is 5.92 Å². The summed E-state index contributed by atoms with van der Waals surface area (Å²) in [5.41, 5.74) is 2.43. The zero-order valence-electron chi connectivity index (χ0n) is 13.5. The van der Waals surface area contributed by atoms with Gasteiger partial charge in [-0.15, -0.1) is 6.58 Å². The molecule has 3 heteroatoms. The molecular formula is C18H29NO2. The van der Waals surface area contributed by atoms with Crippen molar-refractivity contribution in [1.29, 1.82) is 0 Å². The Morgan fingerprint density at radius 1 is 1.57 bits per heavy atom. The van der Waals surface area contributed by atoms with Gasteiger partial charge in [0.15, 0.2) is 0 Å². The van der Waals surface area contributed by atoms with Crippen LogP contribution in [0.1, 0.15) is 32.1 Å². The number of allylic oxidation sites excluding steroid dienone is 5. The third kappa shape index (κ3) is 6.67. The summed E-state index contributed by atoms with van der Waals surface area (Å²) in [5, 5.41) is 2.90. The van der Waals surface area contributed by atoms with Crippen LogP contribution in [0.2, 0.25) is 0 Å². The Labute approximate surface area is 129 Å². The first kappa shape index (κ1) is 17.6. The zero-order chi connectivity index (χ0) is 15.5. The zero-order valence-corrected chi connectivity index (χ0v) is 13.5. The summed E-state index contributed by atoms with van der Waals surface area (Å²) in [5.74, 6) is 1.89. The van der Waals surface area contributed by atoms with Gasteiger partial charge in [0, 0.05) is 39.3 Å². The summed E-state index contributed by atoms with van der Waals surface area (Å²) in [7, 11) is 3.61. The van der Waals surface area contributed by atoms with Crippen molar-refractivity contribution in [2.75, 3.05) is 27.4 Å². The number of nitrogens with one attached hydrogen (secondary N) is 1. The Morgan fingerprint density at radius 2 is 2.38 bits per heavy atom. The summed E-state index contributed by atoms with van der Waals surface area (Å²) >= 11 is 0. The fourth-order valence-electron chi connectivity index (χ4n) is 2.37. The monoisotopic (exact) mass is 291 g/mol. The van der Waals surface area contributed by atoms with Crippen molar-refractivity contribution >= 4 is 0 Å². The molecule has 21 heavy (non-hydrogen) atoms. The van der Waals surface area contributed by atoms with E-state index in [9.17, 15) is 0 Å². The minimum Gasteiger partial charge on any atom is -0.497 e. The number of hydrogen-bond acceptors (Lipinski definition) is 3. The Kier molecular flexibility index (Phi) is 8.60. The minimum atomic E-state index is 0.649. The SMILES string of the molecule is C=CCC(=C)NC.COCCC1COC2=C(C=CCC2)C1. The number of ether oxygens (including phenoxy) is 2. The van der Waals surface area contributed by atoms with E-state index in [0.717, 1.165) is 44.6 Å². The van der Waals surface area contributed by atoms with E-state index < -0.39 is 0 Å². The highest BCUT2D eigenvalue weighted by Gasteiger charge is 2.21. The molecule has 0 fully saturated rings. The third-order valence-corrected chi connectivity index (χ3v) is 3.69. The Bertz CT molecular complexity index is 396. The van der Waals surface area contributed by atoms with Crippen LogP contribution in [0.4, 0.5) is 0 Å². The average molecular weight is 291 g/mol. The standard InChI is InChI=1S/C12H18O2.C6H11N/c1-13-7-6-10-8-11-4-2-3-5-12(11)14-9-10;1-4-5-6(2)7-3/h2,4,10H,3,5-9H2,1H3;4,7H,1-2,5H2,3H3. The van der Waals surface area contributed by atoms with Gasteiger partial charge in [0.05, 0.1) is 12.4 Å². The molecule has 0 spiro atoms. The van der Waals surface area contributed by atoms with Gasteiger partial charge in [-0.1, -0.05) is 24.8 Å². The van der Waals surface area contributed by atoms with Gasteiger partial charge in [0.1, 0.15) is 0 Å². The lowest BCUT2D eigenvalue weighted by molar-refractivity contribution is 0.104. The van der Waals surface area contributed by atoms with Crippen LogP contribution in [-0.2, 0) is 9.47 Å². The third-order valence-electron chi connectivity index (χ3n) is 3.69. The van der Waals surface area contributed by atoms with Gasteiger partial charge in [0.2, 0.25) is 0 Å². The van der Waals surface area contributed by atoms with Crippen LogP contribution in [0.15, 0.2) is 48.4 Å². The van der Waals surface area contributed by atoms with Crippen molar-refractivity contribution in [3.05, 3.63) is 48.4 Å². The van der Waals surface area contributed by atoms with Crippen molar-refractivity contribution in [2.24, 2.45) is 5.92 Å². The van der Waals surface area contributed by atoms with Crippen molar-refractivity contribution in [2.45, 2.75) is 32.1 Å². The Balaban J connectivity index is 0.000000270. The van der Waals surface area contributed by atoms with Gasteiger partial charge in [-0.25, -0.2) is 0 Å². The van der Waals surface area contributed by atoms with Gasteiger partial charge < -0.3 is 14.8 Å². The topological polar surface area (TPSA) is 30.5 Å². The van der Waals surface area contributed by atoms with Crippen molar-refractivity contribution < 1.29 is 9.47 Å². The molecule has 0 saturated heterocycles. The first-order chi connectivity index (χ1) is 10.2. The molecule has 0 bridgehead atoms. The highest BCUT2D eigenvalue weighted by molar-refractivity contribution is 5.28. The van der Waals surface area contributed by atoms with Crippen LogP contribution in [0, 0.1) is 5.92 Å². The molecule has 0 saturated carbocycles. The molecule has 1 N–H and O–H groups in total. The normalized spacial score (nSPS) is 19.8. The largest absolute Gasteiger partial charge is 0.497 e. The summed E-state index contributed by atoms with van der Waals surface area (Å²) in [6, 6.07) is 0. The second-order valence-corrected chi connectivity index (χ2v) is 5.40. The predicted molar refractivity (Wildman–Crippen MR) is 89.0 cm³/mol. The van der Waals surface area contributed by atoms with Gasteiger partial charge in [-0.2, -0.15) is 0 Å². The van der Waals surface area contributed by atoms with Crippen molar-refractivity contribution in [3.8, 4) is 0 Å². The molecule has 0 aromatic heterocycles. The van der Waals surface area contributed by atoms with Crippen LogP contribution < -0.4 is 5.32 Å². The molecule has 1 heterocycles. The smallest absolute Gasteiger partial charge is 0.0994 e. The summed E-state index contributed by atoms with van der Waals surface area (Å²) < 4.78 is 10.9. The van der Waals surface area contributed by atoms with E-state index in [1.165, 1.54) is 17.8 Å². The molecule has 0 aromatic carbocycles. The predicted octanol–water partition coefficient (Wildman–Crippen LogP) is 3.96. The molecule has 0 radical (unpaired) electrons. The number of rotatable bonds is 6. The number of hydrogen-bond donors (Lipinski definition) is 1. The molecule has 1 aliphatic heterocycles. The van der Waals surface area contributed by atoms with Crippen LogP contribution in [0.25, 0.3) is 0 Å². The summed E-state index contributed by atoms with van der Waals surface area (Å²) in [4.78, 5) is 0. The fraction of sp³-hybridized carbons (Fsp3) is 0.556. The molecule has 0 aromatic rings. The molecule has 2 aliphatic rings. The molecule has 0 amide bonds. The Hall–Kier alpha value is -1.48. The second kappa shape index (κ2) is 10.3. The van der Waals surface area contributed by atoms with Crippen molar-refractivity contribution in [3.63, 3.8) is 0 Å². The summed E-state index contributed by atoms with van der Waals surface area (Å²) in [6.07, 6.45) is 11.7.